The topological polar surface area (TPSA) is 152 Å². The van der Waals surface area contributed by atoms with E-state index in [0.717, 1.165) is 13.0 Å². The van der Waals surface area contributed by atoms with Crippen molar-refractivity contribution in [2.75, 3.05) is 5.75 Å². The van der Waals surface area contributed by atoms with E-state index in [1.54, 1.807) is 0 Å². The minimum Gasteiger partial charge on any atom is -1.00 e. The van der Waals surface area contributed by atoms with Crippen LogP contribution in [0.4, 0.5) is 0 Å². The fourth-order valence-electron chi connectivity index (χ4n) is 0.287. The van der Waals surface area contributed by atoms with Crippen LogP contribution in [0.15, 0.2) is 4.40 Å². The third kappa shape index (κ3) is 62.4. The average Bonchev–Trinajstić information content (AvgIpc) is 1.94. The number of carboxylic acids is 1. The van der Waals surface area contributed by atoms with Gasteiger partial charge < -0.3 is 6.53 Å². The Morgan fingerprint density at radius 3 is 1.50 bits per heavy atom. The zero-order valence-corrected chi connectivity index (χ0v) is 16.8. The molecule has 0 rings (SSSR count). The summed E-state index contributed by atoms with van der Waals surface area (Å²) in [6.07, 6.45) is 0.763. The van der Waals surface area contributed by atoms with Gasteiger partial charge in [0.15, 0.2) is 0 Å². The molecule has 0 radical (unpaired) electrons. The second-order valence-corrected chi connectivity index (χ2v) is 7.45. The molecule has 0 spiro atoms. The van der Waals surface area contributed by atoms with Gasteiger partial charge in [-0.05, 0) is 6.92 Å². The molecular formula is C6H10Cl2KNO8S2. The van der Waals surface area contributed by atoms with E-state index in [-0.39, 0.29) is 52.8 Å². The zero-order chi connectivity index (χ0) is 16.3. The molecule has 0 unspecified atom stereocenters. The molecule has 9 nitrogen and oxygen atoms in total. The Bertz CT molecular complexity index is 553. The van der Waals surface area contributed by atoms with Crippen molar-refractivity contribution >= 4 is 57.5 Å². The fourth-order valence-corrected chi connectivity index (χ4v) is 1.41. The molecule has 0 aromatic rings. The van der Waals surface area contributed by atoms with Gasteiger partial charge in [-0.25, -0.2) is 13.2 Å². The smallest absolute Gasteiger partial charge is 1.00 e. The molecule has 14 heteroatoms. The number of Topliss-reactive ketones (excluding diaryl/α,β-unsaturated/α-hetero) is 1. The molecule has 0 heterocycles. The van der Waals surface area contributed by atoms with Gasteiger partial charge in [0.2, 0.25) is 9.05 Å². The maximum atomic E-state index is 10.00. The zero-order valence-electron chi connectivity index (χ0n) is 11.5. The van der Waals surface area contributed by atoms with E-state index in [1.807, 2.05) is 0 Å². The van der Waals surface area contributed by atoms with Crippen LogP contribution in [0.1, 0.15) is 15.3 Å². The van der Waals surface area contributed by atoms with Crippen molar-refractivity contribution in [3.63, 3.8) is 0 Å². The average molecular weight is 398 g/mol. The number of carboxylic acid groups (broad SMARTS) is 1. The van der Waals surface area contributed by atoms with Crippen LogP contribution in [0.5, 0.6) is 0 Å². The number of nitrogens with zero attached hydrogens (tertiary/aromatic N) is 1. The molecule has 0 bridgehead atoms. The summed E-state index contributed by atoms with van der Waals surface area (Å²) in [5.74, 6) is -1.85. The fraction of sp³-hybridized carbons (Fsp3) is 0.500. The summed E-state index contributed by atoms with van der Waals surface area (Å²) in [5, 5.41) is 7.42. The summed E-state index contributed by atoms with van der Waals surface area (Å²) in [5.41, 5.74) is 0. The molecule has 0 aliphatic rings. The Morgan fingerprint density at radius 2 is 1.50 bits per heavy atom. The number of ketones is 1. The Balaban J connectivity index is -0.0000000610. The molecule has 0 atom stereocenters. The predicted molar refractivity (Wildman–Crippen MR) is 67.6 cm³/mol. The number of rotatable bonds is 3. The molecule has 0 aliphatic carbocycles. The van der Waals surface area contributed by atoms with Gasteiger partial charge in [-0.2, -0.15) is 8.42 Å². The maximum Gasteiger partial charge on any atom is 1.00 e. The Kier molecular flexibility index (Phi) is 20.9. The molecule has 0 saturated heterocycles. The first-order valence-electron chi connectivity index (χ1n) is 3.86. The van der Waals surface area contributed by atoms with Gasteiger partial charge in [-0.3, -0.25) is 9.59 Å². The second kappa shape index (κ2) is 14.6. The Labute approximate surface area is 168 Å². The third-order valence-corrected chi connectivity index (χ3v) is 2.10. The van der Waals surface area contributed by atoms with Gasteiger partial charge >= 0.3 is 60.6 Å². The number of carbonyl (C=O) groups is 2. The number of hydrogen-bond acceptors (Lipinski definition) is 7. The van der Waals surface area contributed by atoms with Crippen molar-refractivity contribution in [1.82, 2.24) is 0 Å². The number of carbonyl (C=O) groups excluding carboxylic acids is 2. The summed E-state index contributed by atoms with van der Waals surface area (Å²) in [4.78, 5) is 28.1. The van der Waals surface area contributed by atoms with E-state index < -0.39 is 35.8 Å². The molecular weight excluding hydrogens is 388 g/mol. The van der Waals surface area contributed by atoms with Crippen LogP contribution in [-0.4, -0.2) is 45.5 Å². The summed E-state index contributed by atoms with van der Waals surface area (Å²) in [7, 11) is 1.45. The number of halogens is 2. The standard InChI is InChI=1S/C3H5ClO3S.C2H4O2.CClNO3S.K.H/c1-3(5)2-8(4,6)7;1-2(3)4;2-7(5,6)3-1-4;;/h2H2,1H3;1H3,(H,3,4);;;/q;;;+1;-1. The first-order chi connectivity index (χ1) is 8.21. The van der Waals surface area contributed by atoms with Crippen LogP contribution in [-0.2, 0) is 32.7 Å². The molecule has 0 aromatic carbocycles. The molecule has 0 aliphatic heterocycles. The van der Waals surface area contributed by atoms with Crippen LogP contribution in [0.25, 0.3) is 0 Å². The van der Waals surface area contributed by atoms with Crippen molar-refractivity contribution in [3.8, 4) is 0 Å². The van der Waals surface area contributed by atoms with Gasteiger partial charge in [0, 0.05) is 28.3 Å². The van der Waals surface area contributed by atoms with Crippen LogP contribution >= 0.6 is 21.4 Å². The first kappa shape index (κ1) is 28.8. The quantitative estimate of drug-likeness (QED) is 0.231. The van der Waals surface area contributed by atoms with Gasteiger partial charge in [0.1, 0.15) is 11.5 Å². The first-order valence-corrected chi connectivity index (χ1v) is 8.60. The molecule has 0 aromatic heterocycles. The van der Waals surface area contributed by atoms with Crippen molar-refractivity contribution in [1.29, 1.82) is 0 Å². The third-order valence-electron chi connectivity index (χ3n) is 0.522. The van der Waals surface area contributed by atoms with E-state index in [4.69, 9.17) is 14.7 Å². The van der Waals surface area contributed by atoms with E-state index in [1.165, 1.54) is 6.92 Å². The van der Waals surface area contributed by atoms with Crippen LogP contribution in [0, 0.1) is 0 Å². The van der Waals surface area contributed by atoms with Gasteiger partial charge in [0.05, 0.1) is 0 Å². The SMILES string of the molecule is CC(=O)CS(=O)(=O)Cl.CC(=O)O.O=C=NS(=O)(=O)Cl.[H-].[K+]. The molecule has 0 saturated carbocycles. The minimum absolute atomic E-state index is 0. The van der Waals surface area contributed by atoms with Crippen molar-refractivity contribution in [3.05, 3.63) is 0 Å². The van der Waals surface area contributed by atoms with Gasteiger partial charge in [0.25, 0.3) is 12.0 Å². The Hall–Kier alpha value is 0.636. The summed E-state index contributed by atoms with van der Waals surface area (Å²) in [6, 6.07) is 0. The van der Waals surface area contributed by atoms with Crippen LogP contribution in [0.2, 0.25) is 0 Å². The van der Waals surface area contributed by atoms with Gasteiger partial charge in [-0.1, -0.05) is 4.40 Å². The van der Waals surface area contributed by atoms with Crippen molar-refractivity contribution in [2.24, 2.45) is 4.40 Å². The summed E-state index contributed by atoms with van der Waals surface area (Å²) < 4.78 is 41.3. The molecule has 1 N–H and O–H groups in total. The molecule has 114 valence electrons. The number of isocyanates is 1. The Morgan fingerprint density at radius 1 is 1.20 bits per heavy atom. The van der Waals surface area contributed by atoms with E-state index in [2.05, 4.69) is 25.8 Å². The van der Waals surface area contributed by atoms with Crippen molar-refractivity contribution < 1.29 is 89.1 Å². The molecule has 20 heavy (non-hydrogen) atoms. The van der Waals surface area contributed by atoms with Crippen LogP contribution < -0.4 is 51.4 Å². The molecule has 0 amide bonds. The van der Waals surface area contributed by atoms with E-state index in [0.29, 0.717) is 0 Å². The summed E-state index contributed by atoms with van der Waals surface area (Å²) in [6.45, 7) is 2.25. The normalized spacial score (nSPS) is 9.20. The van der Waals surface area contributed by atoms with E-state index in [9.17, 15) is 21.6 Å². The largest absolute Gasteiger partial charge is 1.00 e. The molecule has 0 fully saturated rings. The predicted octanol–water partition coefficient (Wildman–Crippen LogP) is -2.84. The minimum atomic E-state index is -4.00. The monoisotopic (exact) mass is 397 g/mol. The number of hydrogen-bond donors (Lipinski definition) is 1. The second-order valence-electron chi connectivity index (χ2n) is 2.50. The number of aliphatic carboxylic acids is 1. The van der Waals surface area contributed by atoms with Crippen LogP contribution in [0.3, 0.4) is 0 Å². The van der Waals surface area contributed by atoms with E-state index >= 15 is 0 Å². The van der Waals surface area contributed by atoms with Gasteiger partial charge in [-0.15, -0.1) is 0 Å². The maximum absolute atomic E-state index is 10.00. The van der Waals surface area contributed by atoms with Crippen molar-refractivity contribution in [2.45, 2.75) is 13.8 Å². The summed E-state index contributed by atoms with van der Waals surface area (Å²) >= 11 is 0.